The zero-order valence-electron chi connectivity index (χ0n) is 11.8. The fourth-order valence-electron chi connectivity index (χ4n) is 1.73. The van der Waals surface area contributed by atoms with E-state index in [2.05, 4.69) is 0 Å². The molecule has 1 N–H and O–H groups in total. The topological polar surface area (TPSA) is 72.8 Å². The Labute approximate surface area is 122 Å². The molecule has 2 aromatic carbocycles. The molecule has 0 amide bonds. The first-order chi connectivity index (χ1) is 9.95. The summed E-state index contributed by atoms with van der Waals surface area (Å²) in [6.07, 6.45) is 0. The number of rotatable bonds is 4. The van der Waals surface area contributed by atoms with Crippen molar-refractivity contribution in [2.45, 2.75) is 13.8 Å². The van der Waals surface area contributed by atoms with Crippen LogP contribution in [0.2, 0.25) is 0 Å². The highest BCUT2D eigenvalue weighted by atomic mass is 16.6. The number of carbonyl (C=O) groups is 2. The van der Waals surface area contributed by atoms with Gasteiger partial charge in [0.05, 0.1) is 5.92 Å². The Hall–Kier alpha value is -2.56. The minimum atomic E-state index is -0.637. The fraction of sp³-hybridized carbons (Fsp3) is 0.250. The average Bonchev–Trinajstić information content (AvgIpc) is 2.44. The fourth-order valence-corrected chi connectivity index (χ4v) is 1.73. The number of hydrogen-bond acceptors (Lipinski definition) is 5. The smallest absolute Gasteiger partial charge is 0.349 e. The number of hydrogen-bond donors (Lipinski definition) is 1. The summed E-state index contributed by atoms with van der Waals surface area (Å²) in [4.78, 5) is 22.8. The van der Waals surface area contributed by atoms with E-state index in [9.17, 15) is 14.7 Å². The molecule has 0 fully saturated rings. The summed E-state index contributed by atoms with van der Waals surface area (Å²) >= 11 is 0. The van der Waals surface area contributed by atoms with Crippen LogP contribution in [-0.4, -0.2) is 23.7 Å². The summed E-state index contributed by atoms with van der Waals surface area (Å²) in [5, 5.41) is 11.0. The second kappa shape index (κ2) is 6.26. The molecule has 0 unspecified atom stereocenters. The minimum absolute atomic E-state index is 0.174. The third-order valence-corrected chi connectivity index (χ3v) is 2.83. The Morgan fingerprint density at radius 3 is 2.48 bits per heavy atom. The molecule has 2 rings (SSSR count). The summed E-state index contributed by atoms with van der Waals surface area (Å²) in [5.74, 6) is -0.833. The van der Waals surface area contributed by atoms with Gasteiger partial charge in [-0.2, -0.15) is 0 Å². The predicted molar refractivity (Wildman–Crippen MR) is 77.0 cm³/mol. The molecule has 0 bridgehead atoms. The molecule has 0 aliphatic rings. The van der Waals surface area contributed by atoms with E-state index in [0.717, 1.165) is 10.8 Å². The molecular formula is C16H16O5. The van der Waals surface area contributed by atoms with Gasteiger partial charge in [-0.05, 0) is 35.0 Å². The molecule has 0 radical (unpaired) electrons. The van der Waals surface area contributed by atoms with Crippen molar-refractivity contribution in [2.75, 3.05) is 6.61 Å². The Bertz CT molecular complexity index is 675. The molecule has 0 aromatic heterocycles. The quantitative estimate of drug-likeness (QED) is 0.691. The Morgan fingerprint density at radius 2 is 1.76 bits per heavy atom. The first-order valence-corrected chi connectivity index (χ1v) is 6.56. The van der Waals surface area contributed by atoms with Gasteiger partial charge in [0.15, 0.2) is 6.61 Å². The Balaban J connectivity index is 2.01. The summed E-state index contributed by atoms with van der Waals surface area (Å²) in [7, 11) is 0. The van der Waals surface area contributed by atoms with Crippen molar-refractivity contribution in [1.29, 1.82) is 0 Å². The maximum absolute atomic E-state index is 11.6. The molecule has 0 aliphatic heterocycles. The molecule has 0 saturated heterocycles. The molecule has 0 atom stereocenters. The van der Waals surface area contributed by atoms with Gasteiger partial charge in [0.25, 0.3) is 0 Å². The minimum Gasteiger partial charge on any atom is -0.508 e. The molecule has 0 heterocycles. The van der Waals surface area contributed by atoms with Crippen molar-refractivity contribution in [1.82, 2.24) is 0 Å². The Morgan fingerprint density at radius 1 is 1.10 bits per heavy atom. The predicted octanol–water partition coefficient (Wildman–Crippen LogP) is 2.65. The van der Waals surface area contributed by atoms with E-state index in [1.54, 1.807) is 50.2 Å². The normalized spacial score (nSPS) is 10.6. The largest absolute Gasteiger partial charge is 0.508 e. The summed E-state index contributed by atoms with van der Waals surface area (Å²) < 4.78 is 9.90. The van der Waals surface area contributed by atoms with Crippen LogP contribution in [0.3, 0.4) is 0 Å². The van der Waals surface area contributed by atoms with Crippen molar-refractivity contribution >= 4 is 22.7 Å². The zero-order valence-corrected chi connectivity index (χ0v) is 11.8. The molecule has 110 valence electrons. The van der Waals surface area contributed by atoms with E-state index < -0.39 is 18.5 Å². The third-order valence-electron chi connectivity index (χ3n) is 2.83. The van der Waals surface area contributed by atoms with Crippen molar-refractivity contribution in [2.24, 2.45) is 5.92 Å². The third kappa shape index (κ3) is 3.95. The molecule has 0 spiro atoms. The van der Waals surface area contributed by atoms with Crippen LogP contribution < -0.4 is 4.74 Å². The van der Waals surface area contributed by atoms with Crippen LogP contribution in [0, 0.1) is 5.92 Å². The lowest BCUT2D eigenvalue weighted by molar-refractivity contribution is -0.156. The van der Waals surface area contributed by atoms with Crippen LogP contribution in [0.5, 0.6) is 11.5 Å². The van der Waals surface area contributed by atoms with Crippen LogP contribution in [0.4, 0.5) is 0 Å². The number of carbonyl (C=O) groups excluding carboxylic acids is 2. The number of phenols is 1. The van der Waals surface area contributed by atoms with Crippen LogP contribution in [0.1, 0.15) is 13.8 Å². The van der Waals surface area contributed by atoms with Gasteiger partial charge in [0.1, 0.15) is 11.5 Å². The maximum atomic E-state index is 11.6. The Kier molecular flexibility index (Phi) is 4.42. The van der Waals surface area contributed by atoms with Crippen molar-refractivity contribution in [3.63, 3.8) is 0 Å². The number of aromatic hydroxyl groups is 1. The van der Waals surface area contributed by atoms with E-state index in [-0.39, 0.29) is 11.7 Å². The molecule has 5 nitrogen and oxygen atoms in total. The number of benzene rings is 2. The SMILES string of the molecule is CC(C)C(=O)OCC(=O)Oc1ccc2cc(O)ccc2c1. The number of phenolic OH excluding ortho intramolecular Hbond substituents is 1. The van der Waals surface area contributed by atoms with Gasteiger partial charge < -0.3 is 14.6 Å². The lowest BCUT2D eigenvalue weighted by atomic mass is 10.1. The van der Waals surface area contributed by atoms with Gasteiger partial charge in [0, 0.05) is 0 Å². The lowest BCUT2D eigenvalue weighted by Gasteiger charge is -2.08. The van der Waals surface area contributed by atoms with Gasteiger partial charge in [-0.15, -0.1) is 0 Å². The van der Waals surface area contributed by atoms with Crippen molar-refractivity contribution in [3.8, 4) is 11.5 Å². The van der Waals surface area contributed by atoms with E-state index in [1.807, 2.05) is 0 Å². The van der Waals surface area contributed by atoms with Crippen molar-refractivity contribution in [3.05, 3.63) is 36.4 Å². The van der Waals surface area contributed by atoms with Gasteiger partial charge in [-0.1, -0.05) is 26.0 Å². The van der Waals surface area contributed by atoms with Crippen LogP contribution in [-0.2, 0) is 14.3 Å². The molecule has 0 aliphatic carbocycles. The van der Waals surface area contributed by atoms with Gasteiger partial charge >= 0.3 is 11.9 Å². The van der Waals surface area contributed by atoms with Gasteiger partial charge in [-0.3, -0.25) is 4.79 Å². The lowest BCUT2D eigenvalue weighted by Crippen LogP contribution is -2.21. The summed E-state index contributed by atoms with van der Waals surface area (Å²) in [6, 6.07) is 9.92. The molecule has 2 aromatic rings. The number of esters is 2. The first-order valence-electron chi connectivity index (χ1n) is 6.56. The van der Waals surface area contributed by atoms with Gasteiger partial charge in [-0.25, -0.2) is 4.79 Å². The van der Waals surface area contributed by atoms with Crippen LogP contribution in [0.25, 0.3) is 10.8 Å². The highest BCUT2D eigenvalue weighted by Crippen LogP contribution is 2.24. The van der Waals surface area contributed by atoms with E-state index >= 15 is 0 Å². The second-order valence-corrected chi connectivity index (χ2v) is 4.93. The highest BCUT2D eigenvalue weighted by Gasteiger charge is 2.12. The zero-order chi connectivity index (χ0) is 15.4. The average molecular weight is 288 g/mol. The van der Waals surface area contributed by atoms with Crippen LogP contribution >= 0.6 is 0 Å². The second-order valence-electron chi connectivity index (χ2n) is 4.93. The van der Waals surface area contributed by atoms with E-state index in [1.165, 1.54) is 0 Å². The summed E-state index contributed by atoms with van der Waals surface area (Å²) in [6.45, 7) is 2.96. The van der Waals surface area contributed by atoms with Crippen LogP contribution in [0.15, 0.2) is 36.4 Å². The van der Waals surface area contributed by atoms with E-state index in [4.69, 9.17) is 9.47 Å². The highest BCUT2D eigenvalue weighted by molar-refractivity contribution is 5.86. The molecular weight excluding hydrogens is 272 g/mol. The van der Waals surface area contributed by atoms with Crippen molar-refractivity contribution < 1.29 is 24.2 Å². The molecule has 21 heavy (non-hydrogen) atoms. The summed E-state index contributed by atoms with van der Waals surface area (Å²) in [5.41, 5.74) is 0. The molecule has 5 heteroatoms. The maximum Gasteiger partial charge on any atom is 0.349 e. The number of fused-ring (bicyclic) bond motifs is 1. The monoisotopic (exact) mass is 288 g/mol. The van der Waals surface area contributed by atoms with Gasteiger partial charge in [0.2, 0.25) is 0 Å². The van der Waals surface area contributed by atoms with E-state index in [0.29, 0.717) is 5.75 Å². The standard InChI is InChI=1S/C16H16O5/c1-10(2)16(19)20-9-15(18)21-14-6-4-11-7-13(17)5-3-12(11)8-14/h3-8,10,17H,9H2,1-2H3. The number of ether oxygens (including phenoxy) is 2. The first kappa shape index (κ1) is 14.8. The molecule has 0 saturated carbocycles.